The molecular formula is C18H15BrN4O2. The van der Waals surface area contributed by atoms with E-state index in [2.05, 4.69) is 26.3 Å². The third kappa shape index (κ3) is 2.20. The topological polar surface area (TPSA) is 93.2 Å². The Balaban J connectivity index is 1.96. The van der Waals surface area contributed by atoms with E-state index in [0.29, 0.717) is 22.5 Å². The Morgan fingerprint density at radius 1 is 1.24 bits per heavy atom. The molecule has 0 bridgehead atoms. The maximum atomic E-state index is 12.6. The predicted molar refractivity (Wildman–Crippen MR) is 98.5 cm³/mol. The zero-order chi connectivity index (χ0) is 17.8. The van der Waals surface area contributed by atoms with E-state index in [-0.39, 0.29) is 5.82 Å². The molecule has 1 aromatic heterocycles. The van der Waals surface area contributed by atoms with Gasteiger partial charge in [-0.2, -0.15) is 5.10 Å². The van der Waals surface area contributed by atoms with Gasteiger partial charge in [-0.25, -0.2) is 4.68 Å². The summed E-state index contributed by atoms with van der Waals surface area (Å²) >= 11 is 3.39. The van der Waals surface area contributed by atoms with E-state index in [1.807, 2.05) is 30.3 Å². The van der Waals surface area contributed by atoms with Gasteiger partial charge in [-0.05, 0) is 37.3 Å². The van der Waals surface area contributed by atoms with E-state index >= 15 is 0 Å². The highest BCUT2D eigenvalue weighted by Gasteiger charge is 2.50. The molecule has 0 radical (unpaired) electrons. The number of rotatable bonds is 2. The monoisotopic (exact) mass is 398 g/mol. The quantitative estimate of drug-likeness (QED) is 0.618. The summed E-state index contributed by atoms with van der Waals surface area (Å²) in [6.45, 7) is 1.73. The molecule has 4 rings (SSSR count). The van der Waals surface area contributed by atoms with Crippen molar-refractivity contribution in [3.8, 4) is 5.69 Å². The first-order valence-electron chi connectivity index (χ1n) is 7.67. The number of hydrogen-bond donors (Lipinski definition) is 3. The molecular weight excluding hydrogens is 384 g/mol. The van der Waals surface area contributed by atoms with Crippen LogP contribution in [0.3, 0.4) is 0 Å². The van der Waals surface area contributed by atoms with Gasteiger partial charge in [0.2, 0.25) is 5.60 Å². The standard InChI is InChI=1S/C18H15BrN4O2/c1-10-15(16(20)23(22-10)12-5-3-2-4-6-12)18(25)13-9-11(19)7-8-14(13)21-17(18)24/h2-9,25H,20H2,1H3,(H,21,24)/t18-/m0/s1. The summed E-state index contributed by atoms with van der Waals surface area (Å²) < 4.78 is 2.29. The number of nitrogen functional groups attached to an aromatic ring is 1. The van der Waals surface area contributed by atoms with Crippen molar-refractivity contribution >= 4 is 33.3 Å². The van der Waals surface area contributed by atoms with Crippen LogP contribution in [0.5, 0.6) is 0 Å². The number of nitrogens with zero attached hydrogens (tertiary/aromatic N) is 2. The Morgan fingerprint density at radius 2 is 1.96 bits per heavy atom. The number of carbonyl (C=O) groups is 1. The summed E-state index contributed by atoms with van der Waals surface area (Å²) in [4.78, 5) is 12.6. The van der Waals surface area contributed by atoms with Crippen LogP contribution in [0, 0.1) is 6.92 Å². The molecule has 126 valence electrons. The van der Waals surface area contributed by atoms with Gasteiger partial charge < -0.3 is 16.2 Å². The first-order chi connectivity index (χ1) is 11.9. The molecule has 7 heteroatoms. The Bertz CT molecular complexity index is 1000. The number of hydrogen-bond acceptors (Lipinski definition) is 4. The van der Waals surface area contributed by atoms with E-state index in [1.165, 1.54) is 4.68 Å². The summed E-state index contributed by atoms with van der Waals surface area (Å²) in [6, 6.07) is 14.6. The van der Waals surface area contributed by atoms with Gasteiger partial charge in [0.15, 0.2) is 0 Å². The summed E-state index contributed by atoms with van der Waals surface area (Å²) in [6.07, 6.45) is 0. The van der Waals surface area contributed by atoms with E-state index in [0.717, 1.165) is 10.2 Å². The molecule has 0 saturated carbocycles. The fourth-order valence-corrected chi connectivity index (χ4v) is 3.63. The second kappa shape index (κ2) is 5.44. The van der Waals surface area contributed by atoms with E-state index in [9.17, 15) is 9.90 Å². The lowest BCUT2D eigenvalue weighted by molar-refractivity contribution is -0.129. The van der Waals surface area contributed by atoms with Crippen LogP contribution in [-0.2, 0) is 10.4 Å². The SMILES string of the molecule is Cc1nn(-c2ccccc2)c(N)c1[C@]1(O)C(=O)Nc2ccc(Br)cc21. The maximum Gasteiger partial charge on any atom is 0.266 e. The molecule has 6 nitrogen and oxygen atoms in total. The van der Waals surface area contributed by atoms with Crippen LogP contribution in [0.4, 0.5) is 11.5 Å². The molecule has 4 N–H and O–H groups in total. The molecule has 25 heavy (non-hydrogen) atoms. The summed E-state index contributed by atoms with van der Waals surface area (Å²) in [7, 11) is 0. The minimum Gasteiger partial charge on any atom is -0.383 e. The Morgan fingerprint density at radius 3 is 2.68 bits per heavy atom. The molecule has 1 atom stereocenters. The van der Waals surface area contributed by atoms with E-state index in [4.69, 9.17) is 5.73 Å². The lowest BCUT2D eigenvalue weighted by Crippen LogP contribution is -2.36. The second-order valence-electron chi connectivity index (χ2n) is 5.95. The van der Waals surface area contributed by atoms with Gasteiger partial charge in [0.25, 0.3) is 5.91 Å². The van der Waals surface area contributed by atoms with Crippen LogP contribution in [0.2, 0.25) is 0 Å². The highest BCUT2D eigenvalue weighted by molar-refractivity contribution is 9.10. The van der Waals surface area contributed by atoms with Crippen LogP contribution in [0.15, 0.2) is 53.0 Å². The molecule has 1 aliphatic rings. The molecule has 0 fully saturated rings. The third-order valence-corrected chi connectivity index (χ3v) is 4.90. The minimum absolute atomic E-state index is 0.231. The minimum atomic E-state index is -1.89. The van der Waals surface area contributed by atoms with Gasteiger partial charge >= 0.3 is 0 Å². The number of aromatic nitrogens is 2. The number of aryl methyl sites for hydroxylation is 1. The van der Waals surface area contributed by atoms with Gasteiger partial charge in [0.1, 0.15) is 5.82 Å². The lowest BCUT2D eigenvalue weighted by atomic mass is 9.87. The number of fused-ring (bicyclic) bond motifs is 1. The number of para-hydroxylation sites is 1. The number of nitrogens with two attached hydrogens (primary N) is 1. The average molecular weight is 399 g/mol. The summed E-state index contributed by atoms with van der Waals surface area (Å²) in [5.41, 5.74) is 6.97. The van der Waals surface area contributed by atoms with Crippen LogP contribution < -0.4 is 11.1 Å². The number of amides is 1. The summed E-state index contributed by atoms with van der Waals surface area (Å²) in [5, 5.41) is 18.5. The number of anilines is 2. The fraction of sp³-hybridized carbons (Fsp3) is 0.111. The van der Waals surface area contributed by atoms with Crippen molar-refractivity contribution in [2.75, 3.05) is 11.1 Å². The average Bonchev–Trinajstić information content (AvgIpc) is 3.03. The van der Waals surface area contributed by atoms with Crippen molar-refractivity contribution in [1.82, 2.24) is 9.78 Å². The normalized spacial score (nSPS) is 18.9. The highest BCUT2D eigenvalue weighted by Crippen LogP contribution is 2.45. The maximum absolute atomic E-state index is 12.6. The van der Waals surface area contributed by atoms with Gasteiger partial charge in [-0.3, -0.25) is 4.79 Å². The fourth-order valence-electron chi connectivity index (χ4n) is 3.27. The lowest BCUT2D eigenvalue weighted by Gasteiger charge is -2.21. The number of benzene rings is 2. The number of aliphatic hydroxyl groups is 1. The number of nitrogens with one attached hydrogen (secondary N) is 1. The van der Waals surface area contributed by atoms with Crippen molar-refractivity contribution in [1.29, 1.82) is 0 Å². The van der Waals surface area contributed by atoms with Gasteiger partial charge in [0, 0.05) is 15.7 Å². The Labute approximate surface area is 152 Å². The van der Waals surface area contributed by atoms with Crippen molar-refractivity contribution in [2.24, 2.45) is 0 Å². The molecule has 0 unspecified atom stereocenters. The van der Waals surface area contributed by atoms with Crippen LogP contribution in [0.1, 0.15) is 16.8 Å². The van der Waals surface area contributed by atoms with E-state index in [1.54, 1.807) is 25.1 Å². The molecule has 0 saturated heterocycles. The van der Waals surface area contributed by atoms with Crippen LogP contribution >= 0.6 is 15.9 Å². The van der Waals surface area contributed by atoms with E-state index < -0.39 is 11.5 Å². The summed E-state index contributed by atoms with van der Waals surface area (Å²) in [5.74, 6) is -0.308. The van der Waals surface area contributed by atoms with Crippen molar-refractivity contribution in [3.63, 3.8) is 0 Å². The third-order valence-electron chi connectivity index (χ3n) is 4.41. The molecule has 1 aliphatic heterocycles. The molecule has 1 amide bonds. The largest absolute Gasteiger partial charge is 0.383 e. The first kappa shape index (κ1) is 15.9. The van der Waals surface area contributed by atoms with Crippen molar-refractivity contribution < 1.29 is 9.90 Å². The molecule has 3 aromatic rings. The Kier molecular flexibility index (Phi) is 3.45. The van der Waals surface area contributed by atoms with Crippen LogP contribution in [-0.4, -0.2) is 20.8 Å². The van der Waals surface area contributed by atoms with Gasteiger partial charge in [-0.1, -0.05) is 34.1 Å². The van der Waals surface area contributed by atoms with Gasteiger partial charge in [0.05, 0.1) is 16.9 Å². The molecule has 2 aromatic carbocycles. The molecule has 0 spiro atoms. The van der Waals surface area contributed by atoms with Gasteiger partial charge in [-0.15, -0.1) is 0 Å². The Hall–Kier alpha value is -2.64. The number of halogens is 1. The number of carbonyl (C=O) groups excluding carboxylic acids is 1. The zero-order valence-electron chi connectivity index (χ0n) is 13.3. The highest BCUT2D eigenvalue weighted by atomic mass is 79.9. The van der Waals surface area contributed by atoms with Crippen molar-refractivity contribution in [2.45, 2.75) is 12.5 Å². The second-order valence-corrected chi connectivity index (χ2v) is 6.86. The van der Waals surface area contributed by atoms with Crippen molar-refractivity contribution in [3.05, 3.63) is 69.8 Å². The smallest absolute Gasteiger partial charge is 0.266 e. The van der Waals surface area contributed by atoms with Crippen LogP contribution in [0.25, 0.3) is 5.69 Å². The molecule has 0 aliphatic carbocycles. The first-order valence-corrected chi connectivity index (χ1v) is 8.47. The zero-order valence-corrected chi connectivity index (χ0v) is 14.9. The predicted octanol–water partition coefficient (Wildman–Crippen LogP) is 2.71. The molecule has 2 heterocycles.